The molecule has 5 heteroatoms. The molecule has 4 aromatic carbocycles. The summed E-state index contributed by atoms with van der Waals surface area (Å²) in [5.74, 6) is 0.942. The van der Waals surface area contributed by atoms with Crippen molar-refractivity contribution in [3.05, 3.63) is 138 Å². The summed E-state index contributed by atoms with van der Waals surface area (Å²) in [4.78, 5) is 15.3. The minimum Gasteiger partial charge on any atom is -0.497 e. The van der Waals surface area contributed by atoms with Crippen LogP contribution in [0.15, 0.2) is 115 Å². The number of methoxy groups -OCH3 is 1. The van der Waals surface area contributed by atoms with Crippen LogP contribution in [-0.2, 0) is 26.5 Å². The van der Waals surface area contributed by atoms with Crippen molar-refractivity contribution in [1.82, 2.24) is 4.90 Å². The molecule has 0 radical (unpaired) electrons. The zero-order chi connectivity index (χ0) is 38.1. The van der Waals surface area contributed by atoms with Gasteiger partial charge in [-0.15, -0.1) is 0 Å². The molecule has 5 nitrogen and oxygen atoms in total. The first-order chi connectivity index (χ1) is 26.6. The lowest BCUT2D eigenvalue weighted by molar-refractivity contribution is -0.134. The normalized spacial score (nSPS) is 12.1. The quantitative estimate of drug-likeness (QED) is 0.0431. The lowest BCUT2D eigenvalue weighted by Crippen LogP contribution is -2.41. The van der Waals surface area contributed by atoms with Crippen molar-refractivity contribution in [2.24, 2.45) is 0 Å². The number of unbranched alkanes of at least 4 members (excludes halogenated alkanes) is 14. The van der Waals surface area contributed by atoms with E-state index in [1.54, 1.807) is 7.11 Å². The van der Waals surface area contributed by atoms with Crippen LogP contribution in [0.4, 0.5) is 0 Å². The molecule has 4 rings (SSSR count). The van der Waals surface area contributed by atoms with Gasteiger partial charge in [-0.05, 0) is 40.8 Å². The van der Waals surface area contributed by atoms with Crippen molar-refractivity contribution in [1.29, 1.82) is 0 Å². The molecule has 0 aromatic heterocycles. The maximum atomic E-state index is 13.4. The van der Waals surface area contributed by atoms with Crippen molar-refractivity contribution in [2.45, 2.75) is 128 Å². The molecule has 0 aliphatic carbocycles. The highest BCUT2D eigenvalue weighted by atomic mass is 16.5. The molecule has 0 spiro atoms. The van der Waals surface area contributed by atoms with Crippen molar-refractivity contribution >= 4 is 5.91 Å². The Kier molecular flexibility index (Phi) is 20.0. The second-order valence-corrected chi connectivity index (χ2v) is 14.8. The summed E-state index contributed by atoms with van der Waals surface area (Å²) in [5, 5.41) is 0. The smallest absolute Gasteiger partial charge is 0.222 e. The number of benzene rings is 4. The Bertz CT molecular complexity index is 1490. The third-order valence-corrected chi connectivity index (χ3v) is 10.6. The second-order valence-electron chi connectivity index (χ2n) is 14.8. The van der Waals surface area contributed by atoms with Gasteiger partial charge in [-0.3, -0.25) is 4.79 Å². The van der Waals surface area contributed by atoms with Crippen molar-refractivity contribution in [2.75, 3.05) is 27.3 Å². The number of likely N-dealkylation sites (N-methyl/N-ethyl adjacent to an activating group) is 1. The Morgan fingerprint density at radius 2 is 1.04 bits per heavy atom. The molecular weight excluding hydrogens is 667 g/mol. The molecule has 0 unspecified atom stereocenters. The molecule has 0 fully saturated rings. The topological polar surface area (TPSA) is 48.0 Å². The number of amides is 1. The van der Waals surface area contributed by atoms with E-state index in [2.05, 4.69) is 55.5 Å². The molecule has 0 aliphatic heterocycles. The molecule has 4 aromatic rings. The van der Waals surface area contributed by atoms with Crippen LogP contribution in [0.2, 0.25) is 0 Å². The van der Waals surface area contributed by atoms with Crippen LogP contribution < -0.4 is 4.74 Å². The fourth-order valence-corrected chi connectivity index (χ4v) is 7.33. The molecular formula is C49H67NO4. The summed E-state index contributed by atoms with van der Waals surface area (Å²) in [6.07, 6.45) is 19.9. The molecule has 0 heterocycles. The van der Waals surface area contributed by atoms with Crippen LogP contribution in [0.1, 0.15) is 132 Å². The summed E-state index contributed by atoms with van der Waals surface area (Å²) >= 11 is 0. The van der Waals surface area contributed by atoms with Crippen LogP contribution in [0, 0.1) is 0 Å². The van der Waals surface area contributed by atoms with Gasteiger partial charge < -0.3 is 19.1 Å². The van der Waals surface area contributed by atoms with Gasteiger partial charge in [0.1, 0.15) is 11.4 Å². The van der Waals surface area contributed by atoms with Crippen molar-refractivity contribution in [3.8, 4) is 5.75 Å². The van der Waals surface area contributed by atoms with E-state index < -0.39 is 5.60 Å². The van der Waals surface area contributed by atoms with E-state index in [0.717, 1.165) is 40.8 Å². The molecule has 0 bridgehead atoms. The molecule has 0 saturated carbocycles. The Balaban J connectivity index is 1.34. The summed E-state index contributed by atoms with van der Waals surface area (Å²) in [5.41, 5.74) is 3.18. The van der Waals surface area contributed by atoms with E-state index in [4.69, 9.17) is 14.2 Å². The Hall–Kier alpha value is -3.93. The van der Waals surface area contributed by atoms with E-state index >= 15 is 0 Å². The monoisotopic (exact) mass is 734 g/mol. The highest BCUT2D eigenvalue weighted by Gasteiger charge is 2.38. The average Bonchev–Trinajstić information content (AvgIpc) is 3.22. The molecule has 0 saturated heterocycles. The van der Waals surface area contributed by atoms with Gasteiger partial charge in [-0.25, -0.2) is 0 Å². The van der Waals surface area contributed by atoms with Gasteiger partial charge in [0, 0.05) is 20.0 Å². The van der Waals surface area contributed by atoms with E-state index in [0.29, 0.717) is 19.6 Å². The fraction of sp³-hybridized carbons (Fsp3) is 0.490. The van der Waals surface area contributed by atoms with Gasteiger partial charge in [0.2, 0.25) is 5.91 Å². The molecule has 54 heavy (non-hydrogen) atoms. The van der Waals surface area contributed by atoms with Gasteiger partial charge in [-0.2, -0.15) is 0 Å². The van der Waals surface area contributed by atoms with Gasteiger partial charge in [0.25, 0.3) is 0 Å². The molecule has 0 aliphatic rings. The number of hydrogen-bond donors (Lipinski definition) is 0. The molecule has 1 atom stereocenters. The number of rotatable bonds is 28. The van der Waals surface area contributed by atoms with E-state index in [-0.39, 0.29) is 18.6 Å². The SMILES string of the molecule is CCCCCCCCCCCCCCCCCC(=O)N(C)C[C@H](COC(c1ccccc1)(c1ccccc1)c1ccc(OC)cc1)OCc1ccccc1. The number of carbonyl (C=O) groups excluding carboxylic acids is 1. The first-order valence-electron chi connectivity index (χ1n) is 20.9. The molecule has 1 amide bonds. The van der Waals surface area contributed by atoms with Crippen LogP contribution in [0.25, 0.3) is 0 Å². The summed E-state index contributed by atoms with van der Waals surface area (Å²) in [6, 6.07) is 39.0. The van der Waals surface area contributed by atoms with Gasteiger partial charge in [0.05, 0.1) is 26.4 Å². The minimum atomic E-state index is -0.917. The zero-order valence-electron chi connectivity index (χ0n) is 33.6. The first kappa shape index (κ1) is 42.8. The lowest BCUT2D eigenvalue weighted by atomic mass is 9.80. The summed E-state index contributed by atoms with van der Waals surface area (Å²) in [7, 11) is 3.58. The van der Waals surface area contributed by atoms with Crippen LogP contribution in [0.3, 0.4) is 0 Å². The summed E-state index contributed by atoms with van der Waals surface area (Å²) < 4.78 is 19.3. The first-order valence-corrected chi connectivity index (χ1v) is 20.9. The highest BCUT2D eigenvalue weighted by Crippen LogP contribution is 2.41. The van der Waals surface area contributed by atoms with E-state index in [1.807, 2.05) is 78.7 Å². The van der Waals surface area contributed by atoms with Gasteiger partial charge in [-0.1, -0.05) is 200 Å². The Labute approximate surface area is 327 Å². The van der Waals surface area contributed by atoms with Crippen molar-refractivity contribution in [3.63, 3.8) is 0 Å². The lowest BCUT2D eigenvalue weighted by Gasteiger charge is -2.37. The Morgan fingerprint density at radius 3 is 1.52 bits per heavy atom. The predicted octanol–water partition coefficient (Wildman–Crippen LogP) is 12.3. The largest absolute Gasteiger partial charge is 0.497 e. The molecule has 292 valence electrons. The number of nitrogens with zero attached hydrogens (tertiary/aromatic N) is 1. The van der Waals surface area contributed by atoms with E-state index in [9.17, 15) is 4.79 Å². The third kappa shape index (κ3) is 14.4. The van der Waals surface area contributed by atoms with Crippen molar-refractivity contribution < 1.29 is 19.0 Å². The maximum absolute atomic E-state index is 13.4. The maximum Gasteiger partial charge on any atom is 0.222 e. The van der Waals surface area contributed by atoms with Gasteiger partial charge in [0.15, 0.2) is 0 Å². The zero-order valence-corrected chi connectivity index (χ0v) is 33.6. The van der Waals surface area contributed by atoms with Crippen LogP contribution >= 0.6 is 0 Å². The van der Waals surface area contributed by atoms with Crippen LogP contribution in [0.5, 0.6) is 5.75 Å². The van der Waals surface area contributed by atoms with Crippen LogP contribution in [-0.4, -0.2) is 44.2 Å². The molecule has 0 N–H and O–H groups in total. The number of ether oxygens (including phenoxy) is 3. The average molecular weight is 734 g/mol. The second kappa shape index (κ2) is 25.2. The predicted molar refractivity (Wildman–Crippen MR) is 224 cm³/mol. The minimum absolute atomic E-state index is 0.158. The Morgan fingerprint density at radius 1 is 0.593 bits per heavy atom. The standard InChI is InChI=1S/C49H67NO4/c1-4-5-6-7-8-9-10-11-12-13-14-15-16-17-27-34-48(51)50(2)39-47(53-40-42-28-21-18-22-29-42)41-54-49(43-30-23-19-24-31-43,44-32-25-20-26-33-44)45-35-37-46(52-3)38-36-45/h18-26,28-33,35-38,47H,4-17,27,34,39-41H2,1-3H3/t47-/m1/s1. The number of hydrogen-bond acceptors (Lipinski definition) is 4. The van der Waals surface area contributed by atoms with Gasteiger partial charge >= 0.3 is 0 Å². The van der Waals surface area contributed by atoms with E-state index in [1.165, 1.54) is 83.5 Å². The fourth-order valence-electron chi connectivity index (χ4n) is 7.33. The number of carbonyl (C=O) groups is 1. The summed E-state index contributed by atoms with van der Waals surface area (Å²) in [6.45, 7) is 3.43. The highest BCUT2D eigenvalue weighted by molar-refractivity contribution is 5.75. The third-order valence-electron chi connectivity index (χ3n) is 10.6.